The number of ether oxygens (including phenoxy) is 1. The SMILES string of the molecule is O=C(NCCCOCc1ccccc1)c1csc2c1CCCC2. The van der Waals surface area contributed by atoms with Crippen LogP contribution in [0.2, 0.25) is 0 Å². The van der Waals surface area contributed by atoms with Crippen LogP contribution >= 0.6 is 11.3 Å². The van der Waals surface area contributed by atoms with E-state index in [-0.39, 0.29) is 5.91 Å². The maximum Gasteiger partial charge on any atom is 0.252 e. The van der Waals surface area contributed by atoms with Crippen LogP contribution in [-0.2, 0) is 24.2 Å². The Hall–Kier alpha value is -1.65. The molecule has 2 aromatic rings. The Morgan fingerprint density at radius 3 is 2.87 bits per heavy atom. The molecule has 3 nitrogen and oxygen atoms in total. The lowest BCUT2D eigenvalue weighted by atomic mass is 9.96. The van der Waals surface area contributed by atoms with E-state index in [1.165, 1.54) is 28.8 Å². The van der Waals surface area contributed by atoms with Crippen LogP contribution in [0.4, 0.5) is 0 Å². The van der Waals surface area contributed by atoms with Gasteiger partial charge in [-0.05, 0) is 43.2 Å². The second-order valence-electron chi connectivity index (χ2n) is 5.91. The van der Waals surface area contributed by atoms with Gasteiger partial charge in [0.25, 0.3) is 5.91 Å². The predicted molar refractivity (Wildman–Crippen MR) is 94.0 cm³/mol. The lowest BCUT2D eigenvalue weighted by molar-refractivity contribution is 0.0934. The maximum atomic E-state index is 12.3. The van der Waals surface area contributed by atoms with Gasteiger partial charge in [-0.15, -0.1) is 11.3 Å². The highest BCUT2D eigenvalue weighted by atomic mass is 32.1. The molecule has 0 aliphatic heterocycles. The standard InChI is InChI=1S/C19H23NO2S/c21-19(17-14-23-18-10-5-4-9-16(17)18)20-11-6-12-22-13-15-7-2-1-3-8-15/h1-3,7-8,14H,4-6,9-13H2,(H,20,21). The first-order valence-corrected chi connectivity index (χ1v) is 9.21. The molecule has 0 radical (unpaired) electrons. The molecule has 23 heavy (non-hydrogen) atoms. The van der Waals surface area contributed by atoms with Crippen molar-refractivity contribution in [2.24, 2.45) is 0 Å². The van der Waals surface area contributed by atoms with Gasteiger partial charge in [0, 0.05) is 23.4 Å². The monoisotopic (exact) mass is 329 g/mol. The van der Waals surface area contributed by atoms with Gasteiger partial charge in [-0.1, -0.05) is 30.3 Å². The highest BCUT2D eigenvalue weighted by molar-refractivity contribution is 7.10. The van der Waals surface area contributed by atoms with Gasteiger partial charge in [-0.2, -0.15) is 0 Å². The van der Waals surface area contributed by atoms with Crippen LogP contribution < -0.4 is 5.32 Å². The van der Waals surface area contributed by atoms with Crippen molar-refractivity contribution in [3.63, 3.8) is 0 Å². The van der Waals surface area contributed by atoms with Crippen LogP contribution in [0, 0.1) is 0 Å². The minimum Gasteiger partial charge on any atom is -0.377 e. The summed E-state index contributed by atoms with van der Waals surface area (Å²) in [7, 11) is 0. The number of aryl methyl sites for hydroxylation is 1. The molecule has 0 unspecified atom stereocenters. The molecule has 1 aliphatic rings. The molecule has 1 aromatic carbocycles. The van der Waals surface area contributed by atoms with Crippen LogP contribution in [0.25, 0.3) is 0 Å². The van der Waals surface area contributed by atoms with E-state index in [1.54, 1.807) is 11.3 Å². The summed E-state index contributed by atoms with van der Waals surface area (Å²) in [4.78, 5) is 13.7. The number of fused-ring (bicyclic) bond motifs is 1. The van der Waals surface area contributed by atoms with Crippen molar-refractivity contribution in [1.82, 2.24) is 5.32 Å². The number of thiophene rings is 1. The molecule has 1 aromatic heterocycles. The molecular weight excluding hydrogens is 306 g/mol. The molecule has 0 saturated carbocycles. The van der Waals surface area contributed by atoms with Crippen LogP contribution in [0.5, 0.6) is 0 Å². The number of hydrogen-bond donors (Lipinski definition) is 1. The fraction of sp³-hybridized carbons (Fsp3) is 0.421. The smallest absolute Gasteiger partial charge is 0.252 e. The number of hydrogen-bond acceptors (Lipinski definition) is 3. The van der Waals surface area contributed by atoms with Crippen LogP contribution in [0.15, 0.2) is 35.7 Å². The Labute approximate surface area is 141 Å². The van der Waals surface area contributed by atoms with E-state index in [0.29, 0.717) is 19.8 Å². The van der Waals surface area contributed by atoms with Crippen molar-refractivity contribution in [3.8, 4) is 0 Å². The third-order valence-electron chi connectivity index (χ3n) is 4.17. The minimum atomic E-state index is 0.0764. The Morgan fingerprint density at radius 2 is 2.00 bits per heavy atom. The van der Waals surface area contributed by atoms with E-state index in [1.807, 2.05) is 23.6 Å². The van der Waals surface area contributed by atoms with Crippen molar-refractivity contribution < 1.29 is 9.53 Å². The lowest BCUT2D eigenvalue weighted by Gasteiger charge is -2.12. The van der Waals surface area contributed by atoms with Gasteiger partial charge >= 0.3 is 0 Å². The molecule has 0 spiro atoms. The number of amides is 1. The molecule has 0 bridgehead atoms. The third kappa shape index (κ3) is 4.43. The van der Waals surface area contributed by atoms with Gasteiger partial charge in [0.2, 0.25) is 0 Å². The Kier molecular flexibility index (Phi) is 5.83. The highest BCUT2D eigenvalue weighted by Gasteiger charge is 2.19. The van der Waals surface area contributed by atoms with E-state index in [2.05, 4.69) is 17.4 Å². The largest absolute Gasteiger partial charge is 0.377 e. The van der Waals surface area contributed by atoms with Crippen molar-refractivity contribution in [1.29, 1.82) is 0 Å². The Bertz CT molecular complexity index is 636. The molecule has 122 valence electrons. The zero-order chi connectivity index (χ0) is 15.9. The van der Waals surface area contributed by atoms with Gasteiger partial charge in [0.1, 0.15) is 0 Å². The topological polar surface area (TPSA) is 38.3 Å². The number of rotatable bonds is 7. The van der Waals surface area contributed by atoms with E-state index in [0.717, 1.165) is 24.8 Å². The average Bonchev–Trinajstić information content (AvgIpc) is 3.03. The van der Waals surface area contributed by atoms with E-state index in [4.69, 9.17) is 4.74 Å². The molecule has 0 saturated heterocycles. The van der Waals surface area contributed by atoms with Crippen molar-refractivity contribution in [3.05, 3.63) is 57.3 Å². The normalized spacial score (nSPS) is 13.6. The molecule has 4 heteroatoms. The molecule has 3 rings (SSSR count). The molecule has 0 atom stereocenters. The predicted octanol–water partition coefficient (Wildman–Crippen LogP) is 3.96. The number of carbonyl (C=O) groups is 1. The summed E-state index contributed by atoms with van der Waals surface area (Å²) in [5, 5.41) is 5.05. The van der Waals surface area contributed by atoms with Crippen molar-refractivity contribution >= 4 is 17.2 Å². The van der Waals surface area contributed by atoms with Crippen molar-refractivity contribution in [2.45, 2.75) is 38.7 Å². The fourth-order valence-electron chi connectivity index (χ4n) is 2.92. The first-order valence-electron chi connectivity index (χ1n) is 8.33. The van der Waals surface area contributed by atoms with Gasteiger partial charge in [-0.25, -0.2) is 0 Å². The summed E-state index contributed by atoms with van der Waals surface area (Å²) in [6, 6.07) is 10.1. The number of benzene rings is 1. The molecule has 1 N–H and O–H groups in total. The fourth-order valence-corrected chi connectivity index (χ4v) is 4.05. The second kappa shape index (κ2) is 8.27. The molecule has 0 fully saturated rings. The van der Waals surface area contributed by atoms with Crippen LogP contribution in [0.1, 0.15) is 45.6 Å². The quantitative estimate of drug-likeness (QED) is 0.781. The van der Waals surface area contributed by atoms with Gasteiger partial charge in [0.05, 0.1) is 12.2 Å². The van der Waals surface area contributed by atoms with Gasteiger partial charge in [0.15, 0.2) is 0 Å². The number of nitrogens with one attached hydrogen (secondary N) is 1. The zero-order valence-corrected chi connectivity index (χ0v) is 14.2. The Morgan fingerprint density at radius 1 is 1.17 bits per heavy atom. The maximum absolute atomic E-state index is 12.3. The minimum absolute atomic E-state index is 0.0764. The van der Waals surface area contributed by atoms with E-state index >= 15 is 0 Å². The first-order chi connectivity index (χ1) is 11.3. The van der Waals surface area contributed by atoms with Gasteiger partial charge < -0.3 is 10.1 Å². The van der Waals surface area contributed by atoms with Crippen LogP contribution in [-0.4, -0.2) is 19.1 Å². The second-order valence-corrected chi connectivity index (χ2v) is 6.87. The Balaban J connectivity index is 1.36. The summed E-state index contributed by atoms with van der Waals surface area (Å²) in [5.74, 6) is 0.0764. The molecular formula is C19H23NO2S. The van der Waals surface area contributed by atoms with Crippen molar-refractivity contribution in [2.75, 3.05) is 13.2 Å². The lowest BCUT2D eigenvalue weighted by Crippen LogP contribution is -2.26. The zero-order valence-electron chi connectivity index (χ0n) is 13.3. The molecule has 1 amide bonds. The molecule has 1 aliphatic carbocycles. The first kappa shape index (κ1) is 16.2. The third-order valence-corrected chi connectivity index (χ3v) is 5.26. The number of carbonyl (C=O) groups excluding carboxylic acids is 1. The van der Waals surface area contributed by atoms with E-state index < -0.39 is 0 Å². The summed E-state index contributed by atoms with van der Waals surface area (Å²) >= 11 is 1.74. The molecule has 1 heterocycles. The van der Waals surface area contributed by atoms with Gasteiger partial charge in [-0.3, -0.25) is 4.79 Å². The summed E-state index contributed by atoms with van der Waals surface area (Å²) in [6.07, 6.45) is 5.50. The average molecular weight is 329 g/mol. The summed E-state index contributed by atoms with van der Waals surface area (Å²) < 4.78 is 5.63. The highest BCUT2D eigenvalue weighted by Crippen LogP contribution is 2.30. The summed E-state index contributed by atoms with van der Waals surface area (Å²) in [5.41, 5.74) is 3.37. The summed E-state index contributed by atoms with van der Waals surface area (Å²) in [6.45, 7) is 1.96. The van der Waals surface area contributed by atoms with E-state index in [9.17, 15) is 4.79 Å². The van der Waals surface area contributed by atoms with Crippen LogP contribution in [0.3, 0.4) is 0 Å².